The SMILES string of the molecule is CCCN1C(=O)c2[nH]nc(-c3ccccc3)c2C1c1ccc(OCC)cc1. The van der Waals surface area contributed by atoms with Crippen molar-refractivity contribution in [3.05, 3.63) is 71.4 Å². The monoisotopic (exact) mass is 361 g/mol. The minimum atomic E-state index is -0.142. The van der Waals surface area contributed by atoms with Gasteiger partial charge in [-0.05, 0) is 31.0 Å². The zero-order chi connectivity index (χ0) is 18.8. The fourth-order valence-electron chi connectivity index (χ4n) is 3.74. The molecular weight excluding hydrogens is 338 g/mol. The summed E-state index contributed by atoms with van der Waals surface area (Å²) in [4.78, 5) is 14.9. The number of fused-ring (bicyclic) bond motifs is 1. The molecule has 1 unspecified atom stereocenters. The lowest BCUT2D eigenvalue weighted by Crippen LogP contribution is -2.30. The fraction of sp³-hybridized carbons (Fsp3) is 0.273. The number of hydrogen-bond acceptors (Lipinski definition) is 3. The van der Waals surface area contributed by atoms with Crippen LogP contribution in [0.15, 0.2) is 54.6 Å². The molecule has 138 valence electrons. The van der Waals surface area contributed by atoms with Gasteiger partial charge in [0.1, 0.15) is 11.4 Å². The molecule has 0 spiro atoms. The number of ether oxygens (including phenoxy) is 1. The van der Waals surface area contributed by atoms with E-state index < -0.39 is 0 Å². The lowest BCUT2D eigenvalue weighted by molar-refractivity contribution is 0.0744. The van der Waals surface area contributed by atoms with Crippen LogP contribution in [-0.2, 0) is 0 Å². The first-order valence-electron chi connectivity index (χ1n) is 9.42. The Morgan fingerprint density at radius 3 is 2.48 bits per heavy atom. The maximum atomic E-state index is 13.0. The predicted molar refractivity (Wildman–Crippen MR) is 105 cm³/mol. The standard InChI is InChI=1S/C22H23N3O2/c1-3-14-25-21(16-10-12-17(13-11-16)27-4-2)18-19(15-8-6-5-7-9-15)23-24-20(18)22(25)26/h5-13,21H,3-4,14H2,1-2H3,(H,23,24). The Hall–Kier alpha value is -3.08. The van der Waals surface area contributed by atoms with E-state index in [1.54, 1.807) is 0 Å². The maximum absolute atomic E-state index is 13.0. The summed E-state index contributed by atoms with van der Waals surface area (Å²) in [6, 6.07) is 17.9. The summed E-state index contributed by atoms with van der Waals surface area (Å²) in [6.07, 6.45) is 0.900. The molecule has 0 saturated heterocycles. The summed E-state index contributed by atoms with van der Waals surface area (Å²) < 4.78 is 5.57. The molecule has 3 aromatic rings. The molecular formula is C22H23N3O2. The number of nitrogens with zero attached hydrogens (tertiary/aromatic N) is 2. The Labute approximate surface area is 159 Å². The molecule has 0 bridgehead atoms. The molecule has 5 nitrogen and oxygen atoms in total. The normalized spacial score (nSPS) is 15.9. The Balaban J connectivity index is 1.82. The van der Waals surface area contributed by atoms with Crippen LogP contribution in [0.1, 0.15) is 47.9 Å². The van der Waals surface area contributed by atoms with Gasteiger partial charge in [-0.3, -0.25) is 9.89 Å². The highest BCUT2D eigenvalue weighted by atomic mass is 16.5. The third-order valence-electron chi connectivity index (χ3n) is 4.88. The highest BCUT2D eigenvalue weighted by Crippen LogP contribution is 2.42. The molecule has 27 heavy (non-hydrogen) atoms. The zero-order valence-corrected chi connectivity index (χ0v) is 15.6. The van der Waals surface area contributed by atoms with E-state index in [2.05, 4.69) is 17.1 Å². The third kappa shape index (κ3) is 2.99. The highest BCUT2D eigenvalue weighted by molar-refractivity contribution is 6.00. The summed E-state index contributed by atoms with van der Waals surface area (Å²) >= 11 is 0. The van der Waals surface area contributed by atoms with Gasteiger partial charge in [0.05, 0.1) is 18.3 Å². The van der Waals surface area contributed by atoms with Crippen LogP contribution in [0.4, 0.5) is 0 Å². The van der Waals surface area contributed by atoms with Crippen LogP contribution in [0, 0.1) is 0 Å². The van der Waals surface area contributed by atoms with Gasteiger partial charge in [0.15, 0.2) is 0 Å². The lowest BCUT2D eigenvalue weighted by Gasteiger charge is -2.26. The van der Waals surface area contributed by atoms with Crippen LogP contribution in [0.3, 0.4) is 0 Å². The molecule has 0 saturated carbocycles. The van der Waals surface area contributed by atoms with Gasteiger partial charge < -0.3 is 9.64 Å². The summed E-state index contributed by atoms with van der Waals surface area (Å²) in [5.41, 5.74) is 4.48. The first-order chi connectivity index (χ1) is 13.2. The molecule has 1 aromatic heterocycles. The van der Waals surface area contributed by atoms with Crippen LogP contribution < -0.4 is 4.74 Å². The molecule has 1 aliphatic rings. The van der Waals surface area contributed by atoms with E-state index >= 15 is 0 Å². The summed E-state index contributed by atoms with van der Waals surface area (Å²) in [7, 11) is 0. The molecule has 0 fully saturated rings. The average Bonchev–Trinajstić information content (AvgIpc) is 3.24. The van der Waals surface area contributed by atoms with Gasteiger partial charge in [0.2, 0.25) is 0 Å². The Morgan fingerprint density at radius 2 is 1.81 bits per heavy atom. The summed E-state index contributed by atoms with van der Waals surface area (Å²) in [5, 5.41) is 7.47. The van der Waals surface area contributed by atoms with Crippen LogP contribution in [0.25, 0.3) is 11.3 Å². The van der Waals surface area contributed by atoms with Crippen LogP contribution >= 0.6 is 0 Å². The van der Waals surface area contributed by atoms with Gasteiger partial charge in [-0.1, -0.05) is 49.4 Å². The number of aromatic nitrogens is 2. The van der Waals surface area contributed by atoms with E-state index in [0.717, 1.165) is 34.6 Å². The molecule has 2 heterocycles. The summed E-state index contributed by atoms with van der Waals surface area (Å²) in [6.45, 7) is 5.39. The molecule has 5 heteroatoms. The van der Waals surface area contributed by atoms with E-state index in [1.165, 1.54) is 0 Å². The predicted octanol–water partition coefficient (Wildman–Crippen LogP) is 4.43. The molecule has 2 aromatic carbocycles. The van der Waals surface area contributed by atoms with Crippen LogP contribution in [0.2, 0.25) is 0 Å². The van der Waals surface area contributed by atoms with Gasteiger partial charge in [-0.25, -0.2) is 0 Å². The number of nitrogens with one attached hydrogen (secondary N) is 1. The number of rotatable bonds is 6. The minimum Gasteiger partial charge on any atom is -0.494 e. The number of amides is 1. The Bertz CT molecular complexity index is 932. The molecule has 0 radical (unpaired) electrons. The number of H-pyrrole nitrogens is 1. The van der Waals surface area contributed by atoms with Crippen molar-refractivity contribution in [2.24, 2.45) is 0 Å². The van der Waals surface area contributed by atoms with Gasteiger partial charge >= 0.3 is 0 Å². The van der Waals surface area contributed by atoms with E-state index in [9.17, 15) is 4.79 Å². The smallest absolute Gasteiger partial charge is 0.273 e. The van der Waals surface area contributed by atoms with E-state index in [1.807, 2.05) is 66.4 Å². The van der Waals surface area contributed by atoms with Crippen molar-refractivity contribution >= 4 is 5.91 Å². The van der Waals surface area contributed by atoms with E-state index in [-0.39, 0.29) is 11.9 Å². The van der Waals surface area contributed by atoms with E-state index in [0.29, 0.717) is 18.8 Å². The molecule has 1 atom stereocenters. The zero-order valence-electron chi connectivity index (χ0n) is 15.6. The van der Waals surface area contributed by atoms with Crippen LogP contribution in [0.5, 0.6) is 5.75 Å². The molecule has 1 N–H and O–H groups in total. The molecule has 1 aliphatic heterocycles. The minimum absolute atomic E-state index is 0.0143. The number of hydrogen-bond donors (Lipinski definition) is 1. The van der Waals surface area contributed by atoms with Crippen LogP contribution in [-0.4, -0.2) is 34.2 Å². The Morgan fingerprint density at radius 1 is 1.07 bits per heavy atom. The quantitative estimate of drug-likeness (QED) is 0.706. The fourth-order valence-corrected chi connectivity index (χ4v) is 3.74. The maximum Gasteiger partial charge on any atom is 0.273 e. The van der Waals surface area contributed by atoms with Crippen molar-refractivity contribution in [2.45, 2.75) is 26.3 Å². The summed E-state index contributed by atoms with van der Waals surface area (Å²) in [5.74, 6) is 0.851. The molecule has 1 amide bonds. The third-order valence-corrected chi connectivity index (χ3v) is 4.88. The number of benzene rings is 2. The van der Waals surface area contributed by atoms with Crippen molar-refractivity contribution in [1.29, 1.82) is 0 Å². The highest BCUT2D eigenvalue weighted by Gasteiger charge is 2.41. The topological polar surface area (TPSA) is 58.2 Å². The first kappa shape index (κ1) is 17.3. The number of carbonyl (C=O) groups excluding carboxylic acids is 1. The average molecular weight is 361 g/mol. The second-order valence-corrected chi connectivity index (χ2v) is 6.63. The Kier molecular flexibility index (Phi) is 4.67. The van der Waals surface area contributed by atoms with Gasteiger partial charge in [-0.15, -0.1) is 0 Å². The second kappa shape index (κ2) is 7.27. The van der Waals surface area contributed by atoms with Crippen molar-refractivity contribution < 1.29 is 9.53 Å². The van der Waals surface area contributed by atoms with Crippen molar-refractivity contribution in [1.82, 2.24) is 15.1 Å². The largest absolute Gasteiger partial charge is 0.494 e. The molecule has 0 aliphatic carbocycles. The second-order valence-electron chi connectivity index (χ2n) is 6.63. The number of aromatic amines is 1. The molecule has 4 rings (SSSR count). The van der Waals surface area contributed by atoms with Crippen molar-refractivity contribution in [3.63, 3.8) is 0 Å². The van der Waals surface area contributed by atoms with Crippen molar-refractivity contribution in [2.75, 3.05) is 13.2 Å². The van der Waals surface area contributed by atoms with E-state index in [4.69, 9.17) is 4.74 Å². The lowest BCUT2D eigenvalue weighted by atomic mass is 9.96. The van der Waals surface area contributed by atoms with Gasteiger partial charge in [-0.2, -0.15) is 5.10 Å². The van der Waals surface area contributed by atoms with Gasteiger partial charge in [0.25, 0.3) is 5.91 Å². The van der Waals surface area contributed by atoms with Crippen molar-refractivity contribution in [3.8, 4) is 17.0 Å². The van der Waals surface area contributed by atoms with Gasteiger partial charge in [0, 0.05) is 17.7 Å². The first-order valence-corrected chi connectivity index (χ1v) is 9.42. The number of carbonyl (C=O) groups is 1.